The van der Waals surface area contributed by atoms with Gasteiger partial charge in [0.05, 0.1) is 102 Å². The third-order valence-corrected chi connectivity index (χ3v) is 29.2. The van der Waals surface area contributed by atoms with Crippen molar-refractivity contribution >= 4 is 0 Å². The van der Waals surface area contributed by atoms with E-state index in [1.54, 1.807) is 0 Å². The van der Waals surface area contributed by atoms with Crippen LogP contribution in [-0.4, -0.2) is 469 Å². The Bertz CT molecular complexity index is 4230. The summed E-state index contributed by atoms with van der Waals surface area (Å²) in [7, 11) is 0. The van der Waals surface area contributed by atoms with Crippen LogP contribution < -0.4 is 37.9 Å². The van der Waals surface area contributed by atoms with Gasteiger partial charge in [0.2, 0.25) is 27.2 Å². The minimum atomic E-state index is -2.12. The highest BCUT2D eigenvalue weighted by atomic mass is 16.8. The van der Waals surface area contributed by atoms with Crippen molar-refractivity contribution in [3.63, 3.8) is 0 Å². The smallest absolute Gasteiger partial charge is 0.230 e. The first-order valence-corrected chi connectivity index (χ1v) is 47.8. The summed E-state index contributed by atoms with van der Waals surface area (Å²) in [5, 5.41) is 312. The minimum absolute atomic E-state index is 0.00302. The van der Waals surface area contributed by atoms with E-state index in [1.807, 2.05) is 52.0 Å². The summed E-state index contributed by atoms with van der Waals surface area (Å²) in [5.74, 6) is -4.05. The van der Waals surface area contributed by atoms with Crippen LogP contribution in [0.5, 0.6) is 46.0 Å². The lowest BCUT2D eigenvalue weighted by Gasteiger charge is -2.46. The lowest BCUT2D eigenvalue weighted by Crippen LogP contribution is -2.64. The fourth-order valence-electron chi connectivity index (χ4n) is 21.4. The molecule has 0 amide bonds. The maximum Gasteiger partial charge on any atom is 0.230 e. The molecule has 144 heavy (non-hydrogen) atoms. The number of hydrogen-bond acceptors (Lipinski definition) is 52. The topological polar surface area (TPSA) is 788 Å². The van der Waals surface area contributed by atoms with Gasteiger partial charge in [-0.1, -0.05) is 27.7 Å². The molecule has 0 saturated carbocycles. The molecule has 8 saturated heterocycles. The predicted molar refractivity (Wildman–Crippen MR) is 464 cm³/mol. The molecule has 12 aliphatic heterocycles. The van der Waals surface area contributed by atoms with Gasteiger partial charge in [-0.05, 0) is 49.9 Å². The maximum atomic E-state index is 12.2. The van der Waals surface area contributed by atoms with Gasteiger partial charge in [-0.15, -0.1) is 0 Å². The highest BCUT2D eigenvalue weighted by Gasteiger charge is 2.59. The molecule has 28 N–H and O–H groups in total. The second-order valence-electron chi connectivity index (χ2n) is 37.5. The van der Waals surface area contributed by atoms with Crippen LogP contribution in [0.25, 0.3) is 0 Å². The summed E-state index contributed by atoms with van der Waals surface area (Å²) < 4.78 is 153. The van der Waals surface area contributed by atoms with E-state index in [4.69, 9.17) is 114 Å². The molecule has 4 aromatic carbocycles. The highest BCUT2D eigenvalue weighted by Crippen LogP contribution is 2.60. The molecule has 12 heterocycles. The zero-order valence-corrected chi connectivity index (χ0v) is 78.2. The number of aliphatic hydroxyl groups is 28. The number of aliphatic hydroxyl groups excluding tert-OH is 28. The van der Waals surface area contributed by atoms with Gasteiger partial charge in [-0.25, -0.2) is 0 Å². The Morgan fingerprint density at radius 2 is 0.354 bits per heavy atom. The zero-order chi connectivity index (χ0) is 103. The average molecular weight is 2070 g/mol. The van der Waals surface area contributed by atoms with Crippen molar-refractivity contribution in [2.24, 2.45) is 0 Å². The van der Waals surface area contributed by atoms with Gasteiger partial charge < -0.3 is 257 Å². The molecule has 40 atom stereocenters. The van der Waals surface area contributed by atoms with Gasteiger partial charge in [0.25, 0.3) is 0 Å². The summed E-state index contributed by atoms with van der Waals surface area (Å²) in [6.07, 6.45) is -74.9. The molecule has 808 valence electrons. The number of benzene rings is 4. The fourth-order valence-corrected chi connectivity index (χ4v) is 21.4. The second kappa shape index (κ2) is 46.0. The van der Waals surface area contributed by atoms with Crippen molar-refractivity contribution in [2.75, 3.05) is 80.0 Å². The van der Waals surface area contributed by atoms with E-state index in [0.717, 1.165) is 0 Å². The molecule has 52 heteroatoms. The Kier molecular flexibility index (Phi) is 34.7. The molecule has 8 fully saturated rings. The Balaban J connectivity index is 0.829. The van der Waals surface area contributed by atoms with Crippen LogP contribution in [0.3, 0.4) is 0 Å². The quantitative estimate of drug-likeness (QED) is 0.0216. The summed E-state index contributed by atoms with van der Waals surface area (Å²) in [6, 6.07) is 7.32. The number of hydrogen-bond donors (Lipinski definition) is 28. The van der Waals surface area contributed by atoms with Crippen LogP contribution in [0, 0.1) is 0 Å². The van der Waals surface area contributed by atoms with Crippen molar-refractivity contribution in [1.29, 1.82) is 0 Å². The van der Waals surface area contributed by atoms with E-state index in [-0.39, 0.29) is 93.9 Å². The van der Waals surface area contributed by atoms with Crippen molar-refractivity contribution in [3.05, 3.63) is 91.0 Å². The Hall–Kier alpha value is -6.48. The molecule has 17 rings (SSSR count). The molecule has 16 unspecified atom stereocenters. The van der Waals surface area contributed by atoms with Crippen LogP contribution in [0.4, 0.5) is 0 Å². The molecule has 0 spiro atoms. The number of rotatable bonds is 32. The first-order valence-electron chi connectivity index (χ1n) is 47.8. The molecule has 0 radical (unpaired) electrons. The lowest BCUT2D eigenvalue weighted by atomic mass is 9.75. The van der Waals surface area contributed by atoms with Crippen LogP contribution in [0.15, 0.2) is 24.3 Å². The molecule has 0 aromatic heterocycles. The Morgan fingerprint density at radius 1 is 0.201 bits per heavy atom. The van der Waals surface area contributed by atoms with Gasteiger partial charge in [0.1, 0.15) is 241 Å². The van der Waals surface area contributed by atoms with Crippen molar-refractivity contribution in [2.45, 2.75) is 349 Å². The average Bonchev–Trinajstić information content (AvgIpc) is 0.716. The second-order valence-corrected chi connectivity index (χ2v) is 37.5. The maximum absolute atomic E-state index is 12.2. The van der Waals surface area contributed by atoms with E-state index in [1.165, 1.54) is 0 Å². The molecule has 52 nitrogen and oxygen atoms in total. The van der Waals surface area contributed by atoms with E-state index in [0.29, 0.717) is 44.5 Å². The van der Waals surface area contributed by atoms with E-state index in [2.05, 4.69) is 0 Å². The molecule has 13 aliphatic rings. The van der Waals surface area contributed by atoms with Gasteiger partial charge in [-0.3, -0.25) is 0 Å². The molecule has 4 aromatic rings. The fraction of sp³-hybridized carbons (Fsp3) is 0.739. The Morgan fingerprint density at radius 3 is 0.507 bits per heavy atom. The lowest BCUT2D eigenvalue weighted by molar-refractivity contribution is -0.360. The summed E-state index contributed by atoms with van der Waals surface area (Å²) in [6.45, 7) is -6.00. The van der Waals surface area contributed by atoms with Gasteiger partial charge in [-0.2, -0.15) is 0 Å². The third kappa shape index (κ3) is 20.1. The first-order chi connectivity index (χ1) is 69.2. The van der Waals surface area contributed by atoms with Crippen molar-refractivity contribution < 1.29 is 257 Å². The molecular weight excluding hydrogens is 1940 g/mol. The van der Waals surface area contributed by atoms with Crippen LogP contribution in [0.2, 0.25) is 0 Å². The summed E-state index contributed by atoms with van der Waals surface area (Å²) in [4.78, 5) is 0. The molecule has 8 bridgehead atoms. The van der Waals surface area contributed by atoms with E-state index < -0.39 is 376 Å². The van der Waals surface area contributed by atoms with Crippen LogP contribution in [-0.2, 0) is 102 Å². The third-order valence-electron chi connectivity index (χ3n) is 29.2. The highest BCUT2D eigenvalue weighted by molar-refractivity contribution is 5.70. The first kappa shape index (κ1) is 109. The van der Waals surface area contributed by atoms with E-state index >= 15 is 0 Å². The SMILES string of the molecule is CCC1c2cc3c4c(CO[C@@H]5OC(CO)[C@@H](O[C@@H]6OC(CO)[C@@H](O)[C@H](O)C6O)[C@H](O)C5O)c2OCOc2c1cc1c(c2CO[C@@H]2OC(CO)[C@@H](O[C@@H]5OC(CO)[C@@H](O)[C@H](O)C5O)[C@H](O)C2O)OCOc2c(cc5c(c2CO[C@@H]2OC(CO)[C@@H](O[C@@H]6OC(CO)[C@@H](O)[C@H](O)C6O)[C@H](O)C2O)OCOc2c(cc(c(c2CO[C@@H]2OC(CO)[C@@H](O[C@@H]6OC(CO)[C@@H](O)[C@H](O)C6O)[C@H](O)C2O)OCO4)C3CC)C5CC)C1CC. The largest absolute Gasteiger partial charge is 0.457 e. The monoisotopic (exact) mass is 2060 g/mol. The summed E-state index contributed by atoms with van der Waals surface area (Å²) >= 11 is 0. The molecule has 1 aliphatic carbocycles. The number of ether oxygens (including phenoxy) is 24. The summed E-state index contributed by atoms with van der Waals surface area (Å²) in [5.41, 5.74) is 2.95. The van der Waals surface area contributed by atoms with Crippen molar-refractivity contribution in [1.82, 2.24) is 0 Å². The van der Waals surface area contributed by atoms with Gasteiger partial charge in [0.15, 0.2) is 50.3 Å². The van der Waals surface area contributed by atoms with E-state index in [9.17, 15) is 143 Å². The normalized spacial score (nSPS) is 41.3. The zero-order valence-electron chi connectivity index (χ0n) is 78.2. The minimum Gasteiger partial charge on any atom is -0.457 e. The van der Waals surface area contributed by atoms with Crippen molar-refractivity contribution in [3.8, 4) is 46.0 Å². The van der Waals surface area contributed by atoms with Gasteiger partial charge in [0, 0.05) is 68.2 Å². The predicted octanol–water partition coefficient (Wildman–Crippen LogP) is -10.4. The Labute approximate surface area is 819 Å². The molecular formula is C92H128O52. The van der Waals surface area contributed by atoms with Crippen LogP contribution >= 0.6 is 0 Å². The standard InChI is InChI=1S/C92H128O52/c1-5-29-33-9-35-30(6-2)37-11-39-32(8-4)40-12-38-31(7-3)36-10-34(29)74-42(22-122-86-70(118)62(110)82(50(18-98)138-86)142-90-66(114)58(106)54(102)46(14-94)134-90)76(36)128-27-130-78(38)44(24-124-88-72(120)64(112)84(52(20-100)140-88)144-92-68(116)60(108)56(104)48(16-96)136-92)80(40)132-28-131-79(39)43(23-123-87-71(119)63(111)83(51(19-99)139-87)143-91-67(115)59(107)55(103)47(15-95)135-91)77(37)129-26-127-75(35)41(73(33)125-25-126-74)21-121-85-69(117)61(109)81(49(17-97)137-85)141-89-65(113)57(105)53(101)45(13-93)133-89/h9-12,29-32,45-72,81-120H,5-8,13-28H2,1-4H3/t29?,30?,31?,32?,45?,46?,47?,48?,49?,50?,51?,52?,53-,54-,55-,56-,57+,58+,59+,60+,61-,62-,63-,64-,65?,66?,67?,68?,69?,70?,71?,72?,81-,82-,83-,84-,85-,86-,87-,88-,89+,90+,91+,92+/m1/s1. The van der Waals surface area contributed by atoms with Crippen LogP contribution in [0.1, 0.15) is 144 Å². The van der Waals surface area contributed by atoms with Gasteiger partial charge >= 0.3 is 0 Å².